The maximum absolute atomic E-state index is 13.2. The predicted molar refractivity (Wildman–Crippen MR) is 70.4 cm³/mol. The van der Waals surface area contributed by atoms with E-state index in [0.717, 1.165) is 6.20 Å². The Morgan fingerprint density at radius 3 is 3.06 bits per heavy atom. The maximum atomic E-state index is 13.2. The molecule has 4 nitrogen and oxygen atoms in total. The molecule has 3 heterocycles. The fraction of sp³-hybridized carbons (Fsp3) is 0. The molecule has 3 aromatic heterocycles. The maximum Gasteiger partial charge on any atom is 0.276 e. The summed E-state index contributed by atoms with van der Waals surface area (Å²) in [4.78, 5) is 18.9. The molecule has 0 radical (unpaired) electrons. The standard InChI is InChI=1S/C11H6FN3OS2/c12-6-3-7(5-13-4-6)15-10(16)9-8(1-2-18-9)14-11(15)17/h1-5H,(H,14,17). The molecule has 18 heavy (non-hydrogen) atoms. The second kappa shape index (κ2) is 4.11. The van der Waals surface area contributed by atoms with Crippen molar-refractivity contribution in [2.45, 2.75) is 0 Å². The minimum absolute atomic E-state index is 0.221. The molecule has 0 bridgehead atoms. The van der Waals surface area contributed by atoms with E-state index in [0.29, 0.717) is 15.9 Å². The Balaban J connectivity index is 2.42. The molecule has 0 amide bonds. The number of thiophene rings is 1. The topological polar surface area (TPSA) is 50.7 Å². The molecule has 0 aliphatic carbocycles. The number of H-pyrrole nitrogens is 1. The summed E-state index contributed by atoms with van der Waals surface area (Å²) in [7, 11) is 0. The Morgan fingerprint density at radius 2 is 2.28 bits per heavy atom. The first kappa shape index (κ1) is 11.2. The highest BCUT2D eigenvalue weighted by Gasteiger charge is 2.09. The van der Waals surface area contributed by atoms with Gasteiger partial charge in [0.05, 0.1) is 23.6 Å². The molecule has 3 aromatic rings. The monoisotopic (exact) mass is 279 g/mol. The van der Waals surface area contributed by atoms with E-state index in [4.69, 9.17) is 12.2 Å². The molecular formula is C11H6FN3OS2. The molecule has 0 saturated carbocycles. The third-order valence-electron chi connectivity index (χ3n) is 2.46. The van der Waals surface area contributed by atoms with E-state index in [1.165, 1.54) is 28.2 Å². The van der Waals surface area contributed by atoms with E-state index in [9.17, 15) is 9.18 Å². The van der Waals surface area contributed by atoms with E-state index >= 15 is 0 Å². The van der Waals surface area contributed by atoms with Crippen molar-refractivity contribution >= 4 is 33.8 Å². The number of hydrogen-bond acceptors (Lipinski definition) is 4. The van der Waals surface area contributed by atoms with Gasteiger partial charge in [-0.25, -0.2) is 4.39 Å². The van der Waals surface area contributed by atoms with Crippen LogP contribution in [0.3, 0.4) is 0 Å². The molecule has 0 saturated heterocycles. The lowest BCUT2D eigenvalue weighted by molar-refractivity contribution is 0.619. The number of fused-ring (bicyclic) bond motifs is 1. The summed E-state index contributed by atoms with van der Waals surface area (Å²) >= 11 is 6.43. The molecule has 1 N–H and O–H groups in total. The van der Waals surface area contributed by atoms with E-state index < -0.39 is 5.82 Å². The van der Waals surface area contributed by atoms with Crippen LogP contribution in [0.5, 0.6) is 0 Å². The van der Waals surface area contributed by atoms with Crippen LogP contribution in [0.15, 0.2) is 34.7 Å². The summed E-state index contributed by atoms with van der Waals surface area (Å²) in [6.07, 6.45) is 2.47. The summed E-state index contributed by atoms with van der Waals surface area (Å²) in [5.41, 5.74) is 0.739. The number of aromatic nitrogens is 3. The first-order chi connectivity index (χ1) is 8.66. The molecule has 0 aliphatic rings. The molecule has 0 atom stereocenters. The second-order valence-corrected chi connectivity index (χ2v) is 4.90. The third kappa shape index (κ3) is 1.68. The van der Waals surface area contributed by atoms with Gasteiger partial charge in [-0.05, 0) is 23.7 Å². The number of aromatic amines is 1. The number of rotatable bonds is 1. The van der Waals surface area contributed by atoms with Gasteiger partial charge in [-0.2, -0.15) is 0 Å². The zero-order valence-corrected chi connectivity index (χ0v) is 10.5. The predicted octanol–water partition coefficient (Wildman–Crippen LogP) is 2.64. The largest absolute Gasteiger partial charge is 0.331 e. The van der Waals surface area contributed by atoms with E-state index in [2.05, 4.69) is 9.97 Å². The van der Waals surface area contributed by atoms with Crippen molar-refractivity contribution in [3.05, 3.63) is 50.8 Å². The van der Waals surface area contributed by atoms with Gasteiger partial charge in [0.2, 0.25) is 0 Å². The zero-order chi connectivity index (χ0) is 12.7. The minimum Gasteiger partial charge on any atom is -0.331 e. The van der Waals surface area contributed by atoms with Gasteiger partial charge in [-0.15, -0.1) is 11.3 Å². The lowest BCUT2D eigenvalue weighted by Crippen LogP contribution is -2.19. The molecule has 7 heteroatoms. The summed E-state index contributed by atoms with van der Waals surface area (Å²) in [6.45, 7) is 0. The Bertz CT molecular complexity index is 849. The summed E-state index contributed by atoms with van der Waals surface area (Å²) in [6, 6.07) is 3.00. The lowest BCUT2D eigenvalue weighted by Gasteiger charge is -2.05. The van der Waals surface area contributed by atoms with Gasteiger partial charge in [0.25, 0.3) is 5.56 Å². The van der Waals surface area contributed by atoms with Gasteiger partial charge in [0.1, 0.15) is 10.5 Å². The van der Waals surface area contributed by atoms with Gasteiger partial charge in [-0.1, -0.05) is 0 Å². The van der Waals surface area contributed by atoms with Crippen molar-refractivity contribution < 1.29 is 4.39 Å². The first-order valence-corrected chi connectivity index (χ1v) is 6.29. The van der Waals surface area contributed by atoms with E-state index in [-0.39, 0.29) is 10.3 Å². The quantitative estimate of drug-likeness (QED) is 0.697. The van der Waals surface area contributed by atoms with Crippen LogP contribution >= 0.6 is 23.6 Å². The summed E-state index contributed by atoms with van der Waals surface area (Å²) < 4.78 is 15.2. The Labute approximate surface area is 109 Å². The summed E-state index contributed by atoms with van der Waals surface area (Å²) in [5, 5.41) is 1.80. The number of nitrogens with one attached hydrogen (secondary N) is 1. The van der Waals surface area contributed by atoms with Gasteiger partial charge in [0.15, 0.2) is 4.77 Å². The van der Waals surface area contributed by atoms with Crippen molar-refractivity contribution in [3.8, 4) is 5.69 Å². The first-order valence-electron chi connectivity index (χ1n) is 5.00. The SMILES string of the molecule is O=c1c2sccc2[nH]c(=S)n1-c1cncc(F)c1. The van der Waals surface area contributed by atoms with Crippen molar-refractivity contribution in [2.75, 3.05) is 0 Å². The van der Waals surface area contributed by atoms with Crippen LogP contribution in [0, 0.1) is 10.6 Å². The van der Waals surface area contributed by atoms with Gasteiger partial charge in [-0.3, -0.25) is 14.3 Å². The molecule has 0 aromatic carbocycles. The molecule has 0 spiro atoms. The molecule has 3 rings (SSSR count). The molecule has 0 fully saturated rings. The van der Waals surface area contributed by atoms with Crippen molar-refractivity contribution in [2.24, 2.45) is 0 Å². The Kier molecular flexibility index (Phi) is 2.57. The van der Waals surface area contributed by atoms with Crippen LogP contribution in [0.2, 0.25) is 0 Å². The Hall–Kier alpha value is -1.86. The van der Waals surface area contributed by atoms with Crippen LogP contribution in [0.1, 0.15) is 0 Å². The highest BCUT2D eigenvalue weighted by Crippen LogP contribution is 2.15. The van der Waals surface area contributed by atoms with Crippen molar-refractivity contribution in [1.82, 2.24) is 14.5 Å². The smallest absolute Gasteiger partial charge is 0.276 e. The van der Waals surface area contributed by atoms with E-state index in [1.54, 1.807) is 11.4 Å². The molecule has 90 valence electrons. The highest BCUT2D eigenvalue weighted by molar-refractivity contribution is 7.71. The highest BCUT2D eigenvalue weighted by atomic mass is 32.1. The van der Waals surface area contributed by atoms with Gasteiger partial charge < -0.3 is 4.98 Å². The molecular weight excluding hydrogens is 273 g/mol. The van der Waals surface area contributed by atoms with Crippen LogP contribution in [0.25, 0.3) is 15.9 Å². The van der Waals surface area contributed by atoms with Crippen molar-refractivity contribution in [1.29, 1.82) is 0 Å². The fourth-order valence-electron chi connectivity index (χ4n) is 1.70. The Morgan fingerprint density at radius 1 is 1.44 bits per heavy atom. The van der Waals surface area contributed by atoms with Crippen LogP contribution in [0.4, 0.5) is 4.39 Å². The van der Waals surface area contributed by atoms with Gasteiger partial charge in [0, 0.05) is 6.07 Å². The number of pyridine rings is 1. The van der Waals surface area contributed by atoms with Crippen LogP contribution in [-0.4, -0.2) is 14.5 Å². The van der Waals surface area contributed by atoms with Crippen LogP contribution in [-0.2, 0) is 0 Å². The average Bonchev–Trinajstić information content (AvgIpc) is 2.77. The van der Waals surface area contributed by atoms with Crippen LogP contribution < -0.4 is 5.56 Å². The fourth-order valence-corrected chi connectivity index (χ4v) is 2.77. The minimum atomic E-state index is -0.514. The molecule has 0 unspecified atom stereocenters. The third-order valence-corrected chi connectivity index (χ3v) is 3.64. The number of hydrogen-bond donors (Lipinski definition) is 1. The van der Waals surface area contributed by atoms with Gasteiger partial charge >= 0.3 is 0 Å². The second-order valence-electron chi connectivity index (χ2n) is 3.60. The zero-order valence-electron chi connectivity index (χ0n) is 8.88. The lowest BCUT2D eigenvalue weighted by atomic mass is 10.4. The van der Waals surface area contributed by atoms with E-state index in [1.807, 2.05) is 0 Å². The average molecular weight is 279 g/mol. The van der Waals surface area contributed by atoms with Crippen molar-refractivity contribution in [3.63, 3.8) is 0 Å². The summed E-state index contributed by atoms with van der Waals surface area (Å²) in [5.74, 6) is -0.514. The number of nitrogens with zero attached hydrogens (tertiary/aromatic N) is 2. The normalized spacial score (nSPS) is 10.9. The number of halogens is 1. The molecule has 0 aliphatic heterocycles.